The maximum atomic E-state index is 9.56. The molecule has 0 saturated carbocycles. The van der Waals surface area contributed by atoms with Gasteiger partial charge in [0.2, 0.25) is 0 Å². The van der Waals surface area contributed by atoms with E-state index in [1.54, 1.807) is 6.92 Å². The van der Waals surface area contributed by atoms with Crippen molar-refractivity contribution in [2.45, 2.75) is 26.9 Å². The SMILES string of the molecule is CCOCOc1ccc(C)cc1[C@@H](C)O. The van der Waals surface area contributed by atoms with Crippen LogP contribution in [0.1, 0.15) is 31.1 Å². The van der Waals surface area contributed by atoms with E-state index >= 15 is 0 Å². The molecule has 0 amide bonds. The third-order valence-electron chi connectivity index (χ3n) is 2.12. The van der Waals surface area contributed by atoms with Gasteiger partial charge < -0.3 is 14.6 Å². The molecule has 1 N–H and O–H groups in total. The number of aliphatic hydroxyl groups excluding tert-OH is 1. The van der Waals surface area contributed by atoms with Crippen LogP contribution in [-0.2, 0) is 4.74 Å². The number of aryl methyl sites for hydroxylation is 1. The van der Waals surface area contributed by atoms with Crippen LogP contribution in [-0.4, -0.2) is 18.5 Å². The summed E-state index contributed by atoms with van der Waals surface area (Å²) in [5.41, 5.74) is 1.91. The van der Waals surface area contributed by atoms with Crippen LogP contribution in [0.3, 0.4) is 0 Å². The van der Waals surface area contributed by atoms with Gasteiger partial charge in [0.05, 0.1) is 6.10 Å². The van der Waals surface area contributed by atoms with Crippen molar-refractivity contribution in [3.05, 3.63) is 29.3 Å². The number of benzene rings is 1. The molecule has 3 nitrogen and oxygen atoms in total. The second kappa shape index (κ2) is 5.73. The Bertz CT molecular complexity index is 308. The summed E-state index contributed by atoms with van der Waals surface area (Å²) >= 11 is 0. The minimum atomic E-state index is -0.526. The lowest BCUT2D eigenvalue weighted by molar-refractivity contribution is 0.0204. The van der Waals surface area contributed by atoms with Gasteiger partial charge >= 0.3 is 0 Å². The van der Waals surface area contributed by atoms with Gasteiger partial charge in [0.1, 0.15) is 5.75 Å². The van der Waals surface area contributed by atoms with Crippen molar-refractivity contribution in [2.24, 2.45) is 0 Å². The fraction of sp³-hybridized carbons (Fsp3) is 0.500. The Morgan fingerprint density at radius 3 is 2.73 bits per heavy atom. The van der Waals surface area contributed by atoms with E-state index in [0.717, 1.165) is 11.1 Å². The minimum absolute atomic E-state index is 0.222. The Morgan fingerprint density at radius 2 is 2.13 bits per heavy atom. The van der Waals surface area contributed by atoms with Crippen LogP contribution in [0, 0.1) is 6.92 Å². The number of aliphatic hydroxyl groups is 1. The summed E-state index contributed by atoms with van der Waals surface area (Å²) in [6.07, 6.45) is -0.526. The van der Waals surface area contributed by atoms with E-state index in [2.05, 4.69) is 0 Å². The summed E-state index contributed by atoms with van der Waals surface area (Å²) in [5, 5.41) is 9.56. The molecule has 3 heteroatoms. The van der Waals surface area contributed by atoms with Crippen LogP contribution in [0.15, 0.2) is 18.2 Å². The predicted octanol–water partition coefficient (Wildman–Crippen LogP) is 2.42. The number of hydrogen-bond acceptors (Lipinski definition) is 3. The summed E-state index contributed by atoms with van der Waals surface area (Å²) in [4.78, 5) is 0. The van der Waals surface area contributed by atoms with E-state index in [0.29, 0.717) is 12.4 Å². The predicted molar refractivity (Wildman–Crippen MR) is 58.9 cm³/mol. The Balaban J connectivity index is 2.77. The van der Waals surface area contributed by atoms with Gasteiger partial charge in [0.15, 0.2) is 6.79 Å². The van der Waals surface area contributed by atoms with Gasteiger partial charge in [-0.25, -0.2) is 0 Å². The van der Waals surface area contributed by atoms with Gasteiger partial charge in [-0.05, 0) is 32.9 Å². The third kappa shape index (κ3) is 3.53. The van der Waals surface area contributed by atoms with Crippen LogP contribution >= 0.6 is 0 Å². The fourth-order valence-corrected chi connectivity index (χ4v) is 1.31. The molecule has 0 aliphatic heterocycles. The van der Waals surface area contributed by atoms with Crippen LogP contribution in [0.4, 0.5) is 0 Å². The molecular weight excluding hydrogens is 192 g/mol. The van der Waals surface area contributed by atoms with Gasteiger partial charge in [-0.15, -0.1) is 0 Å². The van der Waals surface area contributed by atoms with Crippen molar-refractivity contribution < 1.29 is 14.6 Å². The van der Waals surface area contributed by atoms with Crippen molar-refractivity contribution in [3.8, 4) is 5.75 Å². The van der Waals surface area contributed by atoms with Crippen LogP contribution in [0.25, 0.3) is 0 Å². The maximum Gasteiger partial charge on any atom is 0.189 e. The van der Waals surface area contributed by atoms with Gasteiger partial charge in [0, 0.05) is 12.2 Å². The van der Waals surface area contributed by atoms with Crippen molar-refractivity contribution >= 4 is 0 Å². The molecule has 0 aliphatic rings. The lowest BCUT2D eigenvalue weighted by Crippen LogP contribution is -2.05. The summed E-state index contributed by atoms with van der Waals surface area (Å²) in [7, 11) is 0. The summed E-state index contributed by atoms with van der Waals surface area (Å²) in [6.45, 7) is 6.46. The Labute approximate surface area is 90.6 Å². The van der Waals surface area contributed by atoms with Crippen molar-refractivity contribution in [3.63, 3.8) is 0 Å². The van der Waals surface area contributed by atoms with E-state index in [4.69, 9.17) is 9.47 Å². The first kappa shape index (κ1) is 12.0. The lowest BCUT2D eigenvalue weighted by Gasteiger charge is -2.13. The van der Waals surface area contributed by atoms with Gasteiger partial charge in [-0.1, -0.05) is 11.6 Å². The summed E-state index contributed by atoms with van der Waals surface area (Å²) < 4.78 is 10.5. The quantitative estimate of drug-likeness (QED) is 0.599. The normalized spacial score (nSPS) is 12.5. The van der Waals surface area contributed by atoms with Crippen LogP contribution < -0.4 is 4.74 Å². The van der Waals surface area contributed by atoms with E-state index in [9.17, 15) is 5.11 Å². The highest BCUT2D eigenvalue weighted by atomic mass is 16.7. The largest absolute Gasteiger partial charge is 0.467 e. The molecule has 15 heavy (non-hydrogen) atoms. The molecule has 0 fully saturated rings. The van der Waals surface area contributed by atoms with E-state index < -0.39 is 6.10 Å². The first-order valence-corrected chi connectivity index (χ1v) is 5.14. The highest BCUT2D eigenvalue weighted by Crippen LogP contribution is 2.26. The van der Waals surface area contributed by atoms with Crippen LogP contribution in [0.5, 0.6) is 5.75 Å². The Hall–Kier alpha value is -1.06. The highest BCUT2D eigenvalue weighted by Gasteiger charge is 2.09. The molecule has 1 aromatic carbocycles. The van der Waals surface area contributed by atoms with E-state index in [1.165, 1.54) is 0 Å². The number of hydrogen-bond donors (Lipinski definition) is 1. The standard InChI is InChI=1S/C12H18O3/c1-4-14-8-15-12-6-5-9(2)7-11(12)10(3)13/h5-7,10,13H,4,8H2,1-3H3/t10-/m1/s1. The van der Waals surface area contributed by atoms with Crippen molar-refractivity contribution in [1.82, 2.24) is 0 Å². The average molecular weight is 210 g/mol. The fourth-order valence-electron chi connectivity index (χ4n) is 1.31. The van der Waals surface area contributed by atoms with Crippen LogP contribution in [0.2, 0.25) is 0 Å². The second-order valence-electron chi connectivity index (χ2n) is 3.47. The molecule has 1 atom stereocenters. The molecular formula is C12H18O3. The third-order valence-corrected chi connectivity index (χ3v) is 2.12. The average Bonchev–Trinajstić information content (AvgIpc) is 2.20. The molecule has 0 unspecified atom stereocenters. The molecule has 84 valence electrons. The molecule has 0 aliphatic carbocycles. The second-order valence-corrected chi connectivity index (χ2v) is 3.47. The number of rotatable bonds is 5. The molecule has 1 rings (SSSR count). The molecule has 0 aromatic heterocycles. The zero-order valence-corrected chi connectivity index (χ0v) is 9.49. The topological polar surface area (TPSA) is 38.7 Å². The van der Waals surface area contributed by atoms with Gasteiger partial charge in [0.25, 0.3) is 0 Å². The highest BCUT2D eigenvalue weighted by molar-refractivity contribution is 5.38. The molecule has 0 radical (unpaired) electrons. The Morgan fingerprint density at radius 1 is 1.40 bits per heavy atom. The summed E-state index contributed by atoms with van der Waals surface area (Å²) in [5.74, 6) is 0.684. The first-order valence-electron chi connectivity index (χ1n) is 5.14. The lowest BCUT2D eigenvalue weighted by atomic mass is 10.1. The number of ether oxygens (including phenoxy) is 2. The molecule has 0 bridgehead atoms. The molecule has 1 aromatic rings. The monoisotopic (exact) mass is 210 g/mol. The van der Waals surface area contributed by atoms with Crippen molar-refractivity contribution in [2.75, 3.05) is 13.4 Å². The van der Waals surface area contributed by atoms with E-state index in [1.807, 2.05) is 32.0 Å². The smallest absolute Gasteiger partial charge is 0.189 e. The van der Waals surface area contributed by atoms with Gasteiger partial charge in [-0.2, -0.15) is 0 Å². The molecule has 0 saturated heterocycles. The molecule has 0 spiro atoms. The zero-order valence-electron chi connectivity index (χ0n) is 9.49. The van der Waals surface area contributed by atoms with Gasteiger partial charge in [-0.3, -0.25) is 0 Å². The van der Waals surface area contributed by atoms with Crippen molar-refractivity contribution in [1.29, 1.82) is 0 Å². The molecule has 0 heterocycles. The summed E-state index contributed by atoms with van der Waals surface area (Å²) in [6, 6.07) is 5.73. The maximum absolute atomic E-state index is 9.56. The first-order chi connectivity index (χ1) is 7.15. The zero-order chi connectivity index (χ0) is 11.3. The van der Waals surface area contributed by atoms with E-state index in [-0.39, 0.29) is 6.79 Å². The Kier molecular flexibility index (Phi) is 4.59. The minimum Gasteiger partial charge on any atom is -0.467 e.